The second-order valence-electron chi connectivity index (χ2n) is 3.90. The van der Waals surface area contributed by atoms with E-state index in [1.54, 1.807) is 18.7 Å². The number of hydrogen-bond donors (Lipinski definition) is 1. The number of benzene rings is 2. The Morgan fingerprint density at radius 3 is 2.53 bits per heavy atom. The van der Waals surface area contributed by atoms with Crippen LogP contribution in [0.1, 0.15) is 13.8 Å². The minimum Gasteiger partial charge on any atom is -0.368 e. The molecular weight excluding hydrogens is 232 g/mol. The summed E-state index contributed by atoms with van der Waals surface area (Å²) < 4.78 is 5.32. The largest absolute Gasteiger partial charge is 0.368 e. The molecular formula is C14H16O2S. The fourth-order valence-corrected chi connectivity index (χ4v) is 2.83. The summed E-state index contributed by atoms with van der Waals surface area (Å²) in [6.07, 6.45) is -0.729. The third-order valence-electron chi connectivity index (χ3n) is 2.43. The highest BCUT2D eigenvalue weighted by Crippen LogP contribution is 2.31. The number of aliphatic hydroxyl groups is 1. The molecule has 2 nitrogen and oxygen atoms in total. The van der Waals surface area contributed by atoms with E-state index in [2.05, 4.69) is 24.3 Å². The van der Waals surface area contributed by atoms with E-state index in [4.69, 9.17) is 4.74 Å². The third kappa shape index (κ3) is 3.22. The van der Waals surface area contributed by atoms with E-state index < -0.39 is 6.29 Å². The molecule has 2 aromatic rings. The number of rotatable bonds is 4. The first kappa shape index (κ1) is 12.4. The quantitative estimate of drug-likeness (QED) is 0.662. The molecule has 0 aliphatic heterocycles. The summed E-state index contributed by atoms with van der Waals surface area (Å²) in [5, 5.41) is 11.6. The standard InChI is InChI=1S/C14H16O2S/c1-10(15)16-11(2)17-14-9-5-7-12-6-3-4-8-13(12)14/h3-11,15H,1-2H3. The maximum absolute atomic E-state index is 9.18. The van der Waals surface area contributed by atoms with Crippen LogP contribution in [0.25, 0.3) is 10.8 Å². The Balaban J connectivity index is 2.24. The lowest BCUT2D eigenvalue weighted by atomic mass is 10.1. The Kier molecular flexibility index (Phi) is 4.05. The molecule has 0 radical (unpaired) electrons. The van der Waals surface area contributed by atoms with Gasteiger partial charge in [0.15, 0.2) is 6.29 Å². The van der Waals surface area contributed by atoms with Crippen molar-refractivity contribution in [1.82, 2.24) is 0 Å². The van der Waals surface area contributed by atoms with E-state index in [1.165, 1.54) is 15.7 Å². The van der Waals surface area contributed by atoms with Gasteiger partial charge in [-0.3, -0.25) is 0 Å². The summed E-state index contributed by atoms with van der Waals surface area (Å²) >= 11 is 1.62. The molecule has 0 heterocycles. The van der Waals surface area contributed by atoms with Crippen molar-refractivity contribution in [2.24, 2.45) is 0 Å². The molecule has 0 bridgehead atoms. The molecule has 1 N–H and O–H groups in total. The third-order valence-corrected chi connectivity index (χ3v) is 3.48. The van der Waals surface area contributed by atoms with Gasteiger partial charge in [-0.2, -0.15) is 0 Å². The minimum atomic E-state index is -0.729. The fourth-order valence-electron chi connectivity index (χ4n) is 1.78. The van der Waals surface area contributed by atoms with Crippen LogP contribution in [0.2, 0.25) is 0 Å². The van der Waals surface area contributed by atoms with Crippen LogP contribution in [-0.2, 0) is 4.74 Å². The Bertz CT molecular complexity index is 491. The first-order valence-electron chi connectivity index (χ1n) is 5.65. The van der Waals surface area contributed by atoms with Crippen LogP contribution in [0.3, 0.4) is 0 Å². The summed E-state index contributed by atoms with van der Waals surface area (Å²) in [4.78, 5) is 1.18. The summed E-state index contributed by atoms with van der Waals surface area (Å²) in [5.41, 5.74) is -0.0687. The Morgan fingerprint density at radius 2 is 1.76 bits per heavy atom. The van der Waals surface area contributed by atoms with Crippen molar-refractivity contribution >= 4 is 22.5 Å². The van der Waals surface area contributed by atoms with Crippen molar-refractivity contribution in [3.63, 3.8) is 0 Å². The van der Waals surface area contributed by atoms with Gasteiger partial charge in [-0.15, -0.1) is 0 Å². The molecule has 2 unspecified atom stereocenters. The van der Waals surface area contributed by atoms with Crippen molar-refractivity contribution in [2.45, 2.75) is 30.5 Å². The summed E-state index contributed by atoms with van der Waals surface area (Å²) in [7, 11) is 0. The normalized spacial score (nSPS) is 14.8. The number of hydrogen-bond acceptors (Lipinski definition) is 3. The molecule has 0 amide bonds. The molecule has 0 fully saturated rings. The molecule has 0 saturated heterocycles. The average Bonchev–Trinajstić information content (AvgIpc) is 2.28. The molecule has 0 aromatic heterocycles. The summed E-state index contributed by atoms with van der Waals surface area (Å²) in [6, 6.07) is 14.5. The van der Waals surface area contributed by atoms with Gasteiger partial charge in [-0.1, -0.05) is 48.2 Å². The topological polar surface area (TPSA) is 29.5 Å². The predicted octanol–water partition coefficient (Wildman–Crippen LogP) is 3.63. The molecule has 2 rings (SSSR count). The zero-order chi connectivity index (χ0) is 12.3. The van der Waals surface area contributed by atoms with Crippen molar-refractivity contribution in [1.29, 1.82) is 0 Å². The smallest absolute Gasteiger partial charge is 0.153 e. The first-order chi connectivity index (χ1) is 8.16. The number of aliphatic hydroxyl groups excluding tert-OH is 1. The Morgan fingerprint density at radius 1 is 1.06 bits per heavy atom. The van der Waals surface area contributed by atoms with Crippen molar-refractivity contribution in [3.05, 3.63) is 42.5 Å². The Labute approximate surface area is 106 Å². The van der Waals surface area contributed by atoms with Crippen LogP contribution in [0.15, 0.2) is 47.4 Å². The lowest BCUT2D eigenvalue weighted by molar-refractivity contribution is -0.0912. The van der Waals surface area contributed by atoms with Gasteiger partial charge < -0.3 is 9.84 Å². The van der Waals surface area contributed by atoms with Crippen LogP contribution in [0, 0.1) is 0 Å². The van der Waals surface area contributed by atoms with Gasteiger partial charge in [-0.05, 0) is 30.7 Å². The maximum atomic E-state index is 9.18. The fraction of sp³-hybridized carbons (Fsp3) is 0.286. The monoisotopic (exact) mass is 248 g/mol. The molecule has 0 aliphatic rings. The van der Waals surface area contributed by atoms with Gasteiger partial charge in [0, 0.05) is 4.90 Å². The van der Waals surface area contributed by atoms with Crippen LogP contribution < -0.4 is 0 Å². The molecule has 90 valence electrons. The zero-order valence-corrected chi connectivity index (χ0v) is 10.8. The highest BCUT2D eigenvalue weighted by atomic mass is 32.2. The Hall–Kier alpha value is -1.03. The van der Waals surface area contributed by atoms with Crippen LogP contribution >= 0.6 is 11.8 Å². The SMILES string of the molecule is CC(O)OC(C)Sc1cccc2ccccc12. The van der Waals surface area contributed by atoms with Crippen LogP contribution in [0.4, 0.5) is 0 Å². The molecule has 3 heteroatoms. The minimum absolute atomic E-state index is 0.0687. The van der Waals surface area contributed by atoms with E-state index >= 15 is 0 Å². The number of fused-ring (bicyclic) bond motifs is 1. The van der Waals surface area contributed by atoms with Crippen molar-refractivity contribution in [2.75, 3.05) is 0 Å². The summed E-state index contributed by atoms with van der Waals surface area (Å²) in [5.74, 6) is 0. The molecule has 2 atom stereocenters. The molecule has 0 aliphatic carbocycles. The van der Waals surface area contributed by atoms with E-state index in [0.717, 1.165) is 0 Å². The van der Waals surface area contributed by atoms with Crippen molar-refractivity contribution in [3.8, 4) is 0 Å². The second-order valence-corrected chi connectivity index (χ2v) is 5.24. The molecule has 17 heavy (non-hydrogen) atoms. The van der Waals surface area contributed by atoms with Gasteiger partial charge in [0.1, 0.15) is 5.44 Å². The van der Waals surface area contributed by atoms with Gasteiger partial charge in [0.2, 0.25) is 0 Å². The zero-order valence-electron chi connectivity index (χ0n) is 9.96. The van der Waals surface area contributed by atoms with Gasteiger partial charge >= 0.3 is 0 Å². The van der Waals surface area contributed by atoms with Crippen LogP contribution in [-0.4, -0.2) is 16.8 Å². The highest BCUT2D eigenvalue weighted by molar-refractivity contribution is 8.00. The molecule has 0 spiro atoms. The molecule has 2 aromatic carbocycles. The van der Waals surface area contributed by atoms with Crippen molar-refractivity contribution < 1.29 is 9.84 Å². The van der Waals surface area contributed by atoms with Crippen LogP contribution in [0.5, 0.6) is 0 Å². The lowest BCUT2D eigenvalue weighted by Crippen LogP contribution is -2.12. The van der Waals surface area contributed by atoms with Gasteiger partial charge in [-0.25, -0.2) is 0 Å². The number of thioether (sulfide) groups is 1. The van der Waals surface area contributed by atoms with E-state index in [-0.39, 0.29) is 5.44 Å². The van der Waals surface area contributed by atoms with E-state index in [0.29, 0.717) is 0 Å². The average molecular weight is 248 g/mol. The van der Waals surface area contributed by atoms with Gasteiger partial charge in [0.25, 0.3) is 0 Å². The van der Waals surface area contributed by atoms with E-state index in [9.17, 15) is 5.11 Å². The number of ether oxygens (including phenoxy) is 1. The molecule has 0 saturated carbocycles. The van der Waals surface area contributed by atoms with E-state index in [1.807, 2.05) is 25.1 Å². The first-order valence-corrected chi connectivity index (χ1v) is 6.53. The maximum Gasteiger partial charge on any atom is 0.153 e. The lowest BCUT2D eigenvalue weighted by Gasteiger charge is -2.15. The predicted molar refractivity (Wildman–Crippen MR) is 72.0 cm³/mol. The highest BCUT2D eigenvalue weighted by Gasteiger charge is 2.09. The summed E-state index contributed by atoms with van der Waals surface area (Å²) in [6.45, 7) is 3.57. The second kappa shape index (κ2) is 5.54. The van der Waals surface area contributed by atoms with Gasteiger partial charge in [0.05, 0.1) is 0 Å².